The monoisotopic (exact) mass is 334 g/mol. The van der Waals surface area contributed by atoms with E-state index in [0.29, 0.717) is 5.75 Å². The van der Waals surface area contributed by atoms with Crippen LogP contribution in [0.15, 0.2) is 54.7 Å². The molecule has 0 saturated heterocycles. The van der Waals surface area contributed by atoms with Crippen molar-refractivity contribution in [3.8, 4) is 16.9 Å². The molecule has 0 bridgehead atoms. The zero-order valence-corrected chi connectivity index (χ0v) is 14.7. The zero-order chi connectivity index (χ0) is 17.8. The van der Waals surface area contributed by atoms with E-state index in [2.05, 4.69) is 22.4 Å². The van der Waals surface area contributed by atoms with Crippen molar-refractivity contribution in [1.82, 2.24) is 10.3 Å². The Hall–Kier alpha value is -2.88. The van der Waals surface area contributed by atoms with Gasteiger partial charge in [-0.15, -0.1) is 0 Å². The fourth-order valence-electron chi connectivity index (χ4n) is 2.78. The van der Waals surface area contributed by atoms with Crippen molar-refractivity contribution in [2.24, 2.45) is 0 Å². The van der Waals surface area contributed by atoms with E-state index in [0.717, 1.165) is 27.6 Å². The average Bonchev–Trinajstić information content (AvgIpc) is 2.60. The van der Waals surface area contributed by atoms with Gasteiger partial charge in [0.1, 0.15) is 5.75 Å². The molecule has 0 saturated carbocycles. The Morgan fingerprint density at radius 3 is 2.52 bits per heavy atom. The second kappa shape index (κ2) is 7.34. The first-order valence-corrected chi connectivity index (χ1v) is 8.41. The number of hydrogen-bond donors (Lipinski definition) is 1. The van der Waals surface area contributed by atoms with E-state index in [1.165, 1.54) is 0 Å². The van der Waals surface area contributed by atoms with Crippen LogP contribution in [0.2, 0.25) is 0 Å². The van der Waals surface area contributed by atoms with Gasteiger partial charge in [-0.25, -0.2) is 0 Å². The fraction of sp³-hybridized carbons (Fsp3) is 0.238. The number of nitrogens with zero attached hydrogens (tertiary/aromatic N) is 1. The lowest BCUT2D eigenvalue weighted by Gasteiger charge is -2.13. The highest BCUT2D eigenvalue weighted by Gasteiger charge is 2.10. The van der Waals surface area contributed by atoms with Crippen LogP contribution < -0.4 is 10.1 Å². The molecule has 3 rings (SSSR count). The van der Waals surface area contributed by atoms with Gasteiger partial charge in [-0.3, -0.25) is 9.78 Å². The number of aromatic nitrogens is 1. The minimum Gasteiger partial charge on any atom is -0.483 e. The number of benzene rings is 2. The van der Waals surface area contributed by atoms with Crippen LogP contribution in [0.1, 0.15) is 19.5 Å². The predicted molar refractivity (Wildman–Crippen MR) is 101 cm³/mol. The topological polar surface area (TPSA) is 51.2 Å². The van der Waals surface area contributed by atoms with Crippen LogP contribution >= 0.6 is 0 Å². The molecule has 4 heteroatoms. The molecule has 4 nitrogen and oxygen atoms in total. The molecule has 25 heavy (non-hydrogen) atoms. The smallest absolute Gasteiger partial charge is 0.258 e. The van der Waals surface area contributed by atoms with Crippen molar-refractivity contribution in [1.29, 1.82) is 0 Å². The van der Waals surface area contributed by atoms with E-state index in [4.69, 9.17) is 4.74 Å². The molecule has 1 heterocycles. The lowest BCUT2D eigenvalue weighted by molar-refractivity contribution is -0.123. The lowest BCUT2D eigenvalue weighted by Crippen LogP contribution is -2.34. The van der Waals surface area contributed by atoms with Crippen molar-refractivity contribution >= 4 is 16.7 Å². The van der Waals surface area contributed by atoms with Crippen LogP contribution in [-0.4, -0.2) is 23.5 Å². The van der Waals surface area contributed by atoms with Crippen LogP contribution in [-0.2, 0) is 4.79 Å². The van der Waals surface area contributed by atoms with Gasteiger partial charge < -0.3 is 10.1 Å². The number of ether oxygens (including phenoxy) is 1. The average molecular weight is 334 g/mol. The van der Waals surface area contributed by atoms with Gasteiger partial charge in [0.15, 0.2) is 6.61 Å². The molecule has 2 aromatic carbocycles. The first-order valence-electron chi connectivity index (χ1n) is 8.41. The molecule has 0 aliphatic heterocycles. The predicted octanol–water partition coefficient (Wildman–Crippen LogP) is 4.11. The Morgan fingerprint density at radius 2 is 1.84 bits per heavy atom. The largest absolute Gasteiger partial charge is 0.483 e. The van der Waals surface area contributed by atoms with Gasteiger partial charge in [-0.2, -0.15) is 0 Å². The quantitative estimate of drug-likeness (QED) is 0.764. The van der Waals surface area contributed by atoms with Gasteiger partial charge in [0, 0.05) is 28.9 Å². The summed E-state index contributed by atoms with van der Waals surface area (Å²) in [7, 11) is 0. The summed E-state index contributed by atoms with van der Waals surface area (Å²) in [4.78, 5) is 16.2. The second-order valence-electron chi connectivity index (χ2n) is 6.36. The van der Waals surface area contributed by atoms with Gasteiger partial charge in [0.05, 0.1) is 0 Å². The number of pyridine rings is 1. The van der Waals surface area contributed by atoms with Crippen molar-refractivity contribution < 1.29 is 9.53 Å². The SMILES string of the molecule is Cc1ccc(-c2ccc(OCC(=O)NC(C)C)c3ccccc23)cn1. The Kier molecular flexibility index (Phi) is 4.98. The number of nitrogens with one attached hydrogen (secondary N) is 1. The van der Waals surface area contributed by atoms with Crippen LogP contribution in [0.25, 0.3) is 21.9 Å². The second-order valence-corrected chi connectivity index (χ2v) is 6.36. The third-order valence-corrected chi connectivity index (χ3v) is 3.91. The Balaban J connectivity index is 1.93. The van der Waals surface area contributed by atoms with Gasteiger partial charge >= 0.3 is 0 Å². The minimum absolute atomic E-state index is 0.00755. The standard InChI is InChI=1S/C21H22N2O2/c1-14(2)23-21(24)13-25-20-11-10-17(16-9-8-15(3)22-12-16)18-6-4-5-7-19(18)20/h4-12,14H,13H2,1-3H3,(H,23,24). The van der Waals surface area contributed by atoms with Crippen LogP contribution in [0, 0.1) is 6.92 Å². The molecule has 0 aliphatic rings. The molecule has 1 amide bonds. The number of rotatable bonds is 5. The summed E-state index contributed by atoms with van der Waals surface area (Å²) in [5, 5.41) is 4.89. The van der Waals surface area contributed by atoms with Gasteiger partial charge in [0.2, 0.25) is 0 Å². The molecule has 0 fully saturated rings. The molecular formula is C21H22N2O2. The minimum atomic E-state index is -0.120. The lowest BCUT2D eigenvalue weighted by atomic mass is 9.98. The number of amides is 1. The van der Waals surface area contributed by atoms with Crippen LogP contribution in [0.4, 0.5) is 0 Å². The maximum atomic E-state index is 11.8. The van der Waals surface area contributed by atoms with Crippen molar-refractivity contribution in [2.75, 3.05) is 6.61 Å². The van der Waals surface area contributed by atoms with Crippen LogP contribution in [0.5, 0.6) is 5.75 Å². The van der Waals surface area contributed by atoms with E-state index in [-0.39, 0.29) is 18.6 Å². The van der Waals surface area contributed by atoms with Gasteiger partial charge in [-0.05, 0) is 49.9 Å². The summed E-state index contributed by atoms with van der Waals surface area (Å²) < 4.78 is 5.76. The third-order valence-electron chi connectivity index (χ3n) is 3.91. The molecule has 1 N–H and O–H groups in total. The molecular weight excluding hydrogens is 312 g/mol. The van der Waals surface area contributed by atoms with E-state index >= 15 is 0 Å². The Labute approximate surface area is 147 Å². The number of carbonyl (C=O) groups excluding carboxylic acids is 1. The normalized spacial score (nSPS) is 10.9. The molecule has 1 aromatic heterocycles. The Bertz CT molecular complexity index is 886. The van der Waals surface area contributed by atoms with Crippen molar-refractivity contribution in [2.45, 2.75) is 26.8 Å². The van der Waals surface area contributed by atoms with Crippen molar-refractivity contribution in [3.05, 3.63) is 60.4 Å². The molecule has 0 unspecified atom stereocenters. The van der Waals surface area contributed by atoms with E-state index in [9.17, 15) is 4.79 Å². The maximum absolute atomic E-state index is 11.8. The van der Waals surface area contributed by atoms with E-state index < -0.39 is 0 Å². The summed E-state index contributed by atoms with van der Waals surface area (Å²) in [6.07, 6.45) is 1.88. The molecule has 0 aliphatic carbocycles. The van der Waals surface area contributed by atoms with E-state index in [1.54, 1.807) is 0 Å². The number of fused-ring (bicyclic) bond motifs is 1. The summed E-state index contributed by atoms with van der Waals surface area (Å²) in [6, 6.07) is 16.2. The number of hydrogen-bond acceptors (Lipinski definition) is 3. The fourth-order valence-corrected chi connectivity index (χ4v) is 2.78. The molecule has 3 aromatic rings. The van der Waals surface area contributed by atoms with Crippen LogP contribution in [0.3, 0.4) is 0 Å². The summed E-state index contributed by atoms with van der Waals surface area (Å²) in [5.41, 5.74) is 3.15. The summed E-state index contributed by atoms with van der Waals surface area (Å²) in [5.74, 6) is 0.587. The molecule has 0 atom stereocenters. The number of aryl methyl sites for hydroxylation is 1. The summed E-state index contributed by atoms with van der Waals surface area (Å²) >= 11 is 0. The van der Waals surface area contributed by atoms with Crippen molar-refractivity contribution in [3.63, 3.8) is 0 Å². The Morgan fingerprint density at radius 1 is 1.08 bits per heavy atom. The highest BCUT2D eigenvalue weighted by atomic mass is 16.5. The third kappa shape index (κ3) is 3.97. The number of carbonyl (C=O) groups is 1. The maximum Gasteiger partial charge on any atom is 0.258 e. The van der Waals surface area contributed by atoms with E-state index in [1.807, 2.05) is 63.4 Å². The van der Waals surface area contributed by atoms with Gasteiger partial charge in [0.25, 0.3) is 5.91 Å². The molecule has 0 spiro atoms. The highest BCUT2D eigenvalue weighted by Crippen LogP contribution is 2.34. The first kappa shape index (κ1) is 17.0. The zero-order valence-electron chi connectivity index (χ0n) is 14.7. The molecule has 128 valence electrons. The first-order chi connectivity index (χ1) is 12.0. The summed E-state index contributed by atoms with van der Waals surface area (Å²) in [6.45, 7) is 5.84. The highest BCUT2D eigenvalue weighted by molar-refractivity contribution is 6.00. The molecule has 0 radical (unpaired) electrons. The van der Waals surface area contributed by atoms with Gasteiger partial charge in [-0.1, -0.05) is 30.3 Å².